The van der Waals surface area contributed by atoms with Crippen molar-refractivity contribution >= 4 is 32.6 Å². The quantitative estimate of drug-likeness (QED) is 0.508. The number of fused-ring (bicyclic) bond motifs is 2. The lowest BCUT2D eigenvalue weighted by Gasteiger charge is -2.24. The number of carbonyl (C=O) groups excluding carboxylic acids is 1. The zero-order valence-electron chi connectivity index (χ0n) is 19.4. The van der Waals surface area contributed by atoms with Crippen LogP contribution in [0.4, 0.5) is 5.95 Å². The third kappa shape index (κ3) is 4.66. The van der Waals surface area contributed by atoms with Crippen molar-refractivity contribution in [1.29, 1.82) is 0 Å². The summed E-state index contributed by atoms with van der Waals surface area (Å²) in [5.74, 6) is 0.239. The molecule has 1 aromatic carbocycles. The fourth-order valence-corrected chi connectivity index (χ4v) is 4.73. The molecule has 3 aromatic rings. The van der Waals surface area contributed by atoms with E-state index in [0.717, 1.165) is 17.0 Å². The fourth-order valence-electron chi connectivity index (χ4n) is 4.08. The van der Waals surface area contributed by atoms with E-state index >= 15 is 0 Å². The number of aromatic amines is 1. The van der Waals surface area contributed by atoms with E-state index in [2.05, 4.69) is 15.6 Å². The van der Waals surface area contributed by atoms with E-state index in [9.17, 15) is 18.0 Å². The maximum Gasteiger partial charge on any atom is 0.262 e. The molecule has 9 nitrogen and oxygen atoms in total. The largest absolute Gasteiger partial charge is 0.356 e. The van der Waals surface area contributed by atoms with Gasteiger partial charge in [0, 0.05) is 29.6 Å². The van der Waals surface area contributed by atoms with Crippen molar-refractivity contribution in [2.24, 2.45) is 0 Å². The average molecular weight is 472 g/mol. The molecule has 33 heavy (non-hydrogen) atoms. The molecule has 0 aliphatic carbocycles. The number of sulfone groups is 1. The zero-order valence-corrected chi connectivity index (χ0v) is 20.3. The summed E-state index contributed by atoms with van der Waals surface area (Å²) < 4.78 is 24.7. The maximum atomic E-state index is 13.5. The van der Waals surface area contributed by atoms with Gasteiger partial charge in [-0.2, -0.15) is 0 Å². The molecular formula is C23H29N5O4S. The first kappa shape index (κ1) is 23.0. The second-order valence-corrected chi connectivity index (χ2v) is 11.9. The molecule has 1 aliphatic rings. The van der Waals surface area contributed by atoms with Crippen LogP contribution in [0.15, 0.2) is 29.1 Å². The van der Waals surface area contributed by atoms with Gasteiger partial charge in [0.1, 0.15) is 9.84 Å². The standard InChI is InChI=1S/C23H29N5O4S/c1-13-18-16(20(29)24-13)12-17(25-18)14-8-6-9-15-19(14)26-22(27-23(2,3)4)28(21(15)30)10-7-11-33(5,31)32/h6,8-9,12-13,25H,7,10-11H2,1-5H3,(H,24,29)(H,26,27)/t13-/m1/s1. The van der Waals surface area contributed by atoms with E-state index in [4.69, 9.17) is 4.98 Å². The van der Waals surface area contributed by atoms with Crippen molar-refractivity contribution < 1.29 is 13.2 Å². The first-order chi connectivity index (χ1) is 15.3. The molecule has 0 saturated carbocycles. The number of nitrogens with one attached hydrogen (secondary N) is 3. The lowest BCUT2D eigenvalue weighted by atomic mass is 10.1. The van der Waals surface area contributed by atoms with Gasteiger partial charge < -0.3 is 15.6 Å². The molecule has 10 heteroatoms. The van der Waals surface area contributed by atoms with Crippen LogP contribution >= 0.6 is 0 Å². The summed E-state index contributed by atoms with van der Waals surface area (Å²) in [6, 6.07) is 7.04. The topological polar surface area (TPSA) is 126 Å². The highest BCUT2D eigenvalue weighted by Crippen LogP contribution is 2.32. The Morgan fingerprint density at radius 2 is 1.91 bits per heavy atom. The number of nitrogens with zero attached hydrogens (tertiary/aromatic N) is 2. The van der Waals surface area contributed by atoms with Crippen molar-refractivity contribution in [3.63, 3.8) is 0 Å². The Labute approximate surface area is 192 Å². The highest BCUT2D eigenvalue weighted by molar-refractivity contribution is 7.90. The van der Waals surface area contributed by atoms with Gasteiger partial charge in [0.05, 0.1) is 34.0 Å². The summed E-state index contributed by atoms with van der Waals surface area (Å²) in [5, 5.41) is 6.59. The normalized spacial score (nSPS) is 16.2. The van der Waals surface area contributed by atoms with Gasteiger partial charge in [-0.05, 0) is 46.2 Å². The van der Waals surface area contributed by atoms with Gasteiger partial charge in [-0.3, -0.25) is 14.2 Å². The highest BCUT2D eigenvalue weighted by Gasteiger charge is 2.29. The molecule has 2 aromatic heterocycles. The minimum atomic E-state index is -3.14. The number of amides is 1. The van der Waals surface area contributed by atoms with Gasteiger partial charge >= 0.3 is 0 Å². The van der Waals surface area contributed by atoms with Gasteiger partial charge in [0.2, 0.25) is 5.95 Å². The molecule has 1 aliphatic heterocycles. The molecule has 0 bridgehead atoms. The van der Waals surface area contributed by atoms with Crippen LogP contribution in [0.2, 0.25) is 0 Å². The molecule has 1 atom stereocenters. The van der Waals surface area contributed by atoms with E-state index in [1.165, 1.54) is 10.8 Å². The van der Waals surface area contributed by atoms with Crippen LogP contribution in [-0.2, 0) is 16.4 Å². The molecule has 4 rings (SSSR count). The van der Waals surface area contributed by atoms with Crippen LogP contribution in [0.5, 0.6) is 0 Å². The summed E-state index contributed by atoms with van der Waals surface area (Å²) in [7, 11) is -3.14. The Morgan fingerprint density at radius 3 is 2.55 bits per heavy atom. The summed E-state index contributed by atoms with van der Waals surface area (Å²) >= 11 is 0. The zero-order chi connectivity index (χ0) is 24.1. The number of hydrogen-bond donors (Lipinski definition) is 3. The van der Waals surface area contributed by atoms with Crippen LogP contribution in [0.3, 0.4) is 0 Å². The molecule has 176 valence electrons. The molecule has 1 amide bonds. The van der Waals surface area contributed by atoms with Crippen molar-refractivity contribution in [3.05, 3.63) is 45.9 Å². The molecule has 3 heterocycles. The highest BCUT2D eigenvalue weighted by atomic mass is 32.2. The summed E-state index contributed by atoms with van der Waals surface area (Å²) in [6.07, 6.45) is 1.49. The molecule has 0 spiro atoms. The average Bonchev–Trinajstić information content (AvgIpc) is 3.23. The van der Waals surface area contributed by atoms with E-state index in [1.54, 1.807) is 18.2 Å². The Kier molecular flexibility index (Phi) is 5.60. The van der Waals surface area contributed by atoms with E-state index in [0.29, 0.717) is 28.8 Å². The summed E-state index contributed by atoms with van der Waals surface area (Å²) in [6.45, 7) is 8.03. The summed E-state index contributed by atoms with van der Waals surface area (Å²) in [5.41, 5.74) is 2.75. The fraction of sp³-hybridized carbons (Fsp3) is 0.435. The Hall–Kier alpha value is -3.14. The summed E-state index contributed by atoms with van der Waals surface area (Å²) in [4.78, 5) is 33.8. The van der Waals surface area contributed by atoms with Gasteiger partial charge in [-0.25, -0.2) is 13.4 Å². The van der Waals surface area contributed by atoms with E-state index in [1.807, 2.05) is 33.8 Å². The monoisotopic (exact) mass is 471 g/mol. The number of aromatic nitrogens is 3. The van der Waals surface area contributed by atoms with Crippen LogP contribution in [-0.4, -0.2) is 46.4 Å². The smallest absolute Gasteiger partial charge is 0.262 e. The van der Waals surface area contributed by atoms with E-state index in [-0.39, 0.29) is 35.3 Å². The molecular weight excluding hydrogens is 442 g/mol. The number of benzene rings is 1. The third-order valence-electron chi connectivity index (χ3n) is 5.53. The molecule has 3 N–H and O–H groups in total. The second kappa shape index (κ2) is 8.02. The maximum absolute atomic E-state index is 13.5. The number of anilines is 1. The third-order valence-corrected chi connectivity index (χ3v) is 6.56. The number of para-hydroxylation sites is 1. The number of H-pyrrole nitrogens is 1. The van der Waals surface area contributed by atoms with Crippen molar-refractivity contribution in [1.82, 2.24) is 19.9 Å². The first-order valence-electron chi connectivity index (χ1n) is 10.9. The molecule has 0 saturated heterocycles. The van der Waals surface area contributed by atoms with Crippen LogP contribution in [0, 0.1) is 0 Å². The predicted octanol–water partition coefficient (Wildman–Crippen LogP) is 2.84. The second-order valence-electron chi connectivity index (χ2n) is 9.66. The van der Waals surface area contributed by atoms with Gasteiger partial charge in [0.25, 0.3) is 11.5 Å². The predicted molar refractivity (Wildman–Crippen MR) is 129 cm³/mol. The molecule has 0 fully saturated rings. The lowest BCUT2D eigenvalue weighted by molar-refractivity contribution is 0.0958. The number of rotatable bonds is 6. The number of carbonyl (C=O) groups is 1. The van der Waals surface area contributed by atoms with Gasteiger partial charge in [-0.1, -0.05) is 12.1 Å². The first-order valence-corrected chi connectivity index (χ1v) is 12.9. The van der Waals surface area contributed by atoms with Crippen LogP contribution in [0.25, 0.3) is 22.2 Å². The SMILES string of the molecule is C[C@H]1NC(=O)c2cc(-c3cccc4c(=O)n(CCCS(C)(=O)=O)c(NC(C)(C)C)nc34)[nH]c21. The van der Waals surface area contributed by atoms with Gasteiger partial charge in [0.15, 0.2) is 0 Å². The van der Waals surface area contributed by atoms with Crippen LogP contribution < -0.4 is 16.2 Å². The number of hydrogen-bond acceptors (Lipinski definition) is 6. The Balaban J connectivity index is 1.87. The minimum absolute atomic E-state index is 0.0131. The Morgan fingerprint density at radius 1 is 1.18 bits per heavy atom. The molecule has 0 unspecified atom stereocenters. The van der Waals surface area contributed by atoms with Crippen molar-refractivity contribution in [3.8, 4) is 11.3 Å². The van der Waals surface area contributed by atoms with Gasteiger partial charge in [-0.15, -0.1) is 0 Å². The lowest BCUT2D eigenvalue weighted by Crippen LogP contribution is -2.33. The molecule has 0 radical (unpaired) electrons. The van der Waals surface area contributed by atoms with Crippen molar-refractivity contribution in [2.75, 3.05) is 17.3 Å². The van der Waals surface area contributed by atoms with Crippen molar-refractivity contribution in [2.45, 2.75) is 52.2 Å². The Bertz CT molecular complexity index is 1410. The van der Waals surface area contributed by atoms with Crippen LogP contribution in [0.1, 0.15) is 56.2 Å². The minimum Gasteiger partial charge on any atom is -0.356 e. The van der Waals surface area contributed by atoms with E-state index < -0.39 is 9.84 Å².